The van der Waals surface area contributed by atoms with E-state index in [4.69, 9.17) is 0 Å². The van der Waals surface area contributed by atoms with Gasteiger partial charge in [0, 0.05) is 24.5 Å². The van der Waals surface area contributed by atoms with Gasteiger partial charge in [0.25, 0.3) is 0 Å². The summed E-state index contributed by atoms with van der Waals surface area (Å²) in [7, 11) is 0. The van der Waals surface area contributed by atoms with Gasteiger partial charge in [-0.2, -0.15) is 0 Å². The minimum absolute atomic E-state index is 0.330. The number of H-pyrrole nitrogens is 1. The molecule has 3 N–H and O–H groups in total. The Bertz CT molecular complexity index is 327. The molecule has 2 heterocycles. The second-order valence-electron chi connectivity index (χ2n) is 3.92. The first-order valence-corrected chi connectivity index (χ1v) is 6.30. The molecule has 0 saturated carbocycles. The molecule has 3 unspecified atom stereocenters. The van der Waals surface area contributed by atoms with Gasteiger partial charge in [-0.05, 0) is 18.8 Å². The summed E-state index contributed by atoms with van der Waals surface area (Å²) in [6.45, 7) is 2.97. The average molecular weight is 228 g/mol. The van der Waals surface area contributed by atoms with Crippen molar-refractivity contribution in [1.82, 2.24) is 19.4 Å². The summed E-state index contributed by atoms with van der Waals surface area (Å²) in [5, 5.41) is 0. The second kappa shape index (κ2) is 4.87. The molecular weight excluding hydrogens is 212 g/mol. The summed E-state index contributed by atoms with van der Waals surface area (Å²) in [4.78, 5) is 7.12. The van der Waals surface area contributed by atoms with Gasteiger partial charge in [0.1, 0.15) is 0 Å². The highest BCUT2D eigenvalue weighted by atomic mass is 32.2. The summed E-state index contributed by atoms with van der Waals surface area (Å²) >= 11 is -1.02. The Morgan fingerprint density at radius 2 is 2.60 bits per heavy atom. The van der Waals surface area contributed by atoms with E-state index >= 15 is 0 Å². The fourth-order valence-electron chi connectivity index (χ4n) is 1.71. The van der Waals surface area contributed by atoms with Crippen LogP contribution in [-0.2, 0) is 11.2 Å². The molecule has 0 spiro atoms. The molecular formula is C9H16N4OS. The molecule has 0 amide bonds. The lowest BCUT2D eigenvalue weighted by Gasteiger charge is -2.12. The molecule has 1 aliphatic heterocycles. The van der Waals surface area contributed by atoms with E-state index in [0.717, 1.165) is 19.4 Å². The monoisotopic (exact) mass is 228 g/mol. The van der Waals surface area contributed by atoms with Gasteiger partial charge in [-0.1, -0.05) is 6.92 Å². The highest BCUT2D eigenvalue weighted by Crippen LogP contribution is 2.19. The van der Waals surface area contributed by atoms with Gasteiger partial charge in [-0.15, -0.1) is 0 Å². The Labute approximate surface area is 91.8 Å². The summed E-state index contributed by atoms with van der Waals surface area (Å²) in [5.74, 6) is 0.475. The first-order chi connectivity index (χ1) is 7.25. The highest BCUT2D eigenvalue weighted by Gasteiger charge is 2.20. The average Bonchev–Trinajstić information content (AvgIpc) is 2.84. The van der Waals surface area contributed by atoms with Crippen LogP contribution in [-0.4, -0.2) is 26.8 Å². The quantitative estimate of drug-likeness (QED) is 0.699. The van der Waals surface area contributed by atoms with Crippen molar-refractivity contribution in [3.63, 3.8) is 0 Å². The maximum Gasteiger partial charge on any atom is 0.167 e. The molecule has 0 radical (unpaired) electrons. The van der Waals surface area contributed by atoms with Crippen LogP contribution < -0.4 is 9.44 Å². The second-order valence-corrected chi connectivity index (χ2v) is 4.98. The summed E-state index contributed by atoms with van der Waals surface area (Å²) in [6.07, 6.45) is 5.66. The van der Waals surface area contributed by atoms with E-state index in [1.54, 1.807) is 6.33 Å². The Morgan fingerprint density at radius 3 is 3.20 bits per heavy atom. The van der Waals surface area contributed by atoms with E-state index in [0.29, 0.717) is 12.0 Å². The zero-order chi connectivity index (χ0) is 10.7. The lowest BCUT2D eigenvalue weighted by atomic mass is 9.99. The molecule has 15 heavy (non-hydrogen) atoms. The van der Waals surface area contributed by atoms with Gasteiger partial charge in [0.05, 0.1) is 6.33 Å². The van der Waals surface area contributed by atoms with Crippen molar-refractivity contribution >= 4 is 11.2 Å². The Hall–Kier alpha value is -0.720. The Balaban J connectivity index is 1.76. The van der Waals surface area contributed by atoms with Crippen LogP contribution in [0.1, 0.15) is 31.4 Å². The van der Waals surface area contributed by atoms with Crippen molar-refractivity contribution in [2.45, 2.75) is 31.7 Å². The number of nitrogens with one attached hydrogen (secondary N) is 3. The lowest BCUT2D eigenvalue weighted by Crippen LogP contribution is -2.24. The number of nitrogens with zero attached hydrogens (tertiary/aromatic N) is 1. The molecule has 6 heteroatoms. The zero-order valence-electron chi connectivity index (χ0n) is 8.69. The normalized spacial score (nSPS) is 28.1. The van der Waals surface area contributed by atoms with E-state index in [9.17, 15) is 4.21 Å². The van der Waals surface area contributed by atoms with Crippen LogP contribution >= 0.6 is 0 Å². The third-order valence-electron chi connectivity index (χ3n) is 2.73. The summed E-state index contributed by atoms with van der Waals surface area (Å²) in [6, 6.07) is 0.330. The molecule has 1 aromatic rings. The predicted octanol–water partition coefficient (Wildman–Crippen LogP) is 0.433. The van der Waals surface area contributed by atoms with Crippen molar-refractivity contribution in [2.24, 2.45) is 0 Å². The van der Waals surface area contributed by atoms with E-state index in [-0.39, 0.29) is 0 Å². The number of aromatic nitrogens is 2. The smallest absolute Gasteiger partial charge is 0.167 e. The van der Waals surface area contributed by atoms with Crippen LogP contribution in [0.25, 0.3) is 0 Å². The Morgan fingerprint density at radius 1 is 1.73 bits per heavy atom. The molecule has 5 nitrogen and oxygen atoms in total. The standard InChI is InChI=1S/C9H16N4OS/c1-7(9-5-10-6-11-9)2-3-8-4-12-15(14)13-8/h5-8,12-13H,2-4H2,1H3,(H,10,11). The summed E-state index contributed by atoms with van der Waals surface area (Å²) < 4.78 is 16.9. The third-order valence-corrected chi connectivity index (χ3v) is 3.71. The predicted molar refractivity (Wildman–Crippen MR) is 59.3 cm³/mol. The fourth-order valence-corrected chi connectivity index (χ4v) is 2.65. The molecule has 1 aromatic heterocycles. The first kappa shape index (κ1) is 10.8. The van der Waals surface area contributed by atoms with Gasteiger partial charge in [0.15, 0.2) is 11.2 Å². The van der Waals surface area contributed by atoms with E-state index in [1.165, 1.54) is 5.69 Å². The highest BCUT2D eigenvalue weighted by molar-refractivity contribution is 7.81. The fraction of sp³-hybridized carbons (Fsp3) is 0.667. The number of hydrogen-bond acceptors (Lipinski definition) is 2. The molecule has 1 aliphatic rings. The van der Waals surface area contributed by atoms with Crippen LogP contribution in [0.5, 0.6) is 0 Å². The van der Waals surface area contributed by atoms with E-state index in [1.807, 2.05) is 6.20 Å². The molecule has 1 fully saturated rings. The van der Waals surface area contributed by atoms with E-state index < -0.39 is 11.2 Å². The first-order valence-electron chi connectivity index (χ1n) is 5.15. The van der Waals surface area contributed by atoms with Gasteiger partial charge in [-0.3, -0.25) is 0 Å². The largest absolute Gasteiger partial charge is 0.348 e. The van der Waals surface area contributed by atoms with Crippen LogP contribution in [0.4, 0.5) is 0 Å². The van der Waals surface area contributed by atoms with Gasteiger partial charge in [0.2, 0.25) is 0 Å². The van der Waals surface area contributed by atoms with Gasteiger partial charge in [-0.25, -0.2) is 18.6 Å². The minimum Gasteiger partial charge on any atom is -0.348 e. The van der Waals surface area contributed by atoms with Crippen LogP contribution in [0.15, 0.2) is 12.5 Å². The zero-order valence-corrected chi connectivity index (χ0v) is 9.51. The third kappa shape index (κ3) is 2.87. The van der Waals surface area contributed by atoms with Crippen molar-refractivity contribution < 1.29 is 4.21 Å². The molecule has 0 bridgehead atoms. The van der Waals surface area contributed by atoms with Crippen molar-refractivity contribution in [3.05, 3.63) is 18.2 Å². The van der Waals surface area contributed by atoms with Crippen molar-refractivity contribution in [2.75, 3.05) is 6.54 Å². The van der Waals surface area contributed by atoms with Crippen LogP contribution in [0, 0.1) is 0 Å². The molecule has 2 rings (SSSR count). The summed E-state index contributed by atoms with van der Waals surface area (Å²) in [5.41, 5.74) is 1.17. The SMILES string of the molecule is CC(CCC1CNS(=O)N1)c1cnc[nH]1. The topological polar surface area (TPSA) is 69.8 Å². The number of rotatable bonds is 4. The molecule has 84 valence electrons. The van der Waals surface area contributed by atoms with Gasteiger partial charge >= 0.3 is 0 Å². The van der Waals surface area contributed by atoms with Crippen LogP contribution in [0.2, 0.25) is 0 Å². The lowest BCUT2D eigenvalue weighted by molar-refractivity contribution is 0.529. The minimum atomic E-state index is -1.02. The van der Waals surface area contributed by atoms with Crippen LogP contribution in [0.3, 0.4) is 0 Å². The van der Waals surface area contributed by atoms with Crippen molar-refractivity contribution in [3.8, 4) is 0 Å². The Kier molecular flexibility index (Phi) is 3.50. The number of hydrogen-bond donors (Lipinski definition) is 3. The maximum absolute atomic E-state index is 11.0. The van der Waals surface area contributed by atoms with Crippen molar-refractivity contribution in [1.29, 1.82) is 0 Å². The molecule has 0 aliphatic carbocycles. The van der Waals surface area contributed by atoms with Gasteiger partial charge < -0.3 is 4.98 Å². The number of imidazole rings is 1. The molecule has 3 atom stereocenters. The van der Waals surface area contributed by atoms with E-state index in [2.05, 4.69) is 26.3 Å². The number of aromatic amines is 1. The molecule has 0 aromatic carbocycles. The maximum atomic E-state index is 11.0. The molecule has 1 saturated heterocycles.